The summed E-state index contributed by atoms with van der Waals surface area (Å²) in [4.78, 5) is 19.1. The van der Waals surface area contributed by atoms with Crippen LogP contribution in [0.5, 0.6) is 5.75 Å². The fourth-order valence-corrected chi connectivity index (χ4v) is 4.02. The maximum atomic E-state index is 12.4. The molecule has 0 aliphatic carbocycles. The first-order valence-corrected chi connectivity index (χ1v) is 10.8. The number of para-hydroxylation sites is 1. The van der Waals surface area contributed by atoms with Gasteiger partial charge in [0.2, 0.25) is 17.6 Å². The summed E-state index contributed by atoms with van der Waals surface area (Å²) in [6.45, 7) is 2.04. The van der Waals surface area contributed by atoms with Gasteiger partial charge >= 0.3 is 0 Å². The first kappa shape index (κ1) is 21.2. The van der Waals surface area contributed by atoms with Gasteiger partial charge in [0.25, 0.3) is 0 Å². The van der Waals surface area contributed by atoms with E-state index in [2.05, 4.69) is 20.4 Å². The van der Waals surface area contributed by atoms with Crippen LogP contribution < -0.4 is 15.0 Å². The predicted octanol–water partition coefficient (Wildman–Crippen LogP) is 4.96. The number of nitrogens with zero attached hydrogens (tertiary/aromatic N) is 3. The summed E-state index contributed by atoms with van der Waals surface area (Å²) in [5, 5.41) is 7.54. The maximum Gasteiger partial charge on any atom is 0.227 e. The number of piperidine rings is 1. The summed E-state index contributed by atoms with van der Waals surface area (Å²) in [6.07, 6.45) is 4.20. The molecule has 8 heteroatoms. The van der Waals surface area contributed by atoms with E-state index in [9.17, 15) is 4.79 Å². The van der Waals surface area contributed by atoms with Gasteiger partial charge in [0.15, 0.2) is 0 Å². The van der Waals surface area contributed by atoms with Crippen LogP contribution in [0.4, 0.5) is 11.4 Å². The molecule has 0 unspecified atom stereocenters. The molecule has 1 aliphatic heterocycles. The van der Waals surface area contributed by atoms with E-state index in [1.165, 1.54) is 19.3 Å². The highest BCUT2D eigenvalue weighted by Crippen LogP contribution is 2.31. The monoisotopic (exact) mass is 440 g/mol. The molecule has 0 spiro atoms. The molecule has 7 nitrogen and oxygen atoms in total. The minimum Gasteiger partial charge on any atom is -0.496 e. The van der Waals surface area contributed by atoms with Crippen LogP contribution in [0.3, 0.4) is 0 Å². The Morgan fingerprint density at radius 1 is 1.19 bits per heavy atom. The molecule has 3 aromatic rings. The summed E-state index contributed by atoms with van der Waals surface area (Å²) in [6, 6.07) is 13.1. The molecular weight excluding hydrogens is 416 g/mol. The van der Waals surface area contributed by atoms with Gasteiger partial charge in [-0.2, -0.15) is 4.98 Å². The Bertz CT molecular complexity index is 1050. The first-order chi connectivity index (χ1) is 15.1. The number of hydrogen-bond acceptors (Lipinski definition) is 6. The van der Waals surface area contributed by atoms with Crippen molar-refractivity contribution in [1.29, 1.82) is 0 Å². The lowest BCUT2D eigenvalue weighted by Gasteiger charge is -2.29. The first-order valence-electron chi connectivity index (χ1n) is 10.4. The number of rotatable bonds is 7. The largest absolute Gasteiger partial charge is 0.496 e. The molecule has 2 heterocycles. The van der Waals surface area contributed by atoms with Crippen LogP contribution in [0.25, 0.3) is 11.4 Å². The summed E-state index contributed by atoms with van der Waals surface area (Å²) >= 11 is 6.47. The number of aromatic nitrogens is 2. The number of benzene rings is 2. The molecule has 4 rings (SSSR count). The molecule has 0 atom stereocenters. The Morgan fingerprint density at radius 2 is 2.00 bits per heavy atom. The number of carbonyl (C=O) groups excluding carboxylic acids is 1. The third kappa shape index (κ3) is 5.17. The van der Waals surface area contributed by atoms with Gasteiger partial charge in [-0.15, -0.1) is 0 Å². The quantitative estimate of drug-likeness (QED) is 0.559. The zero-order valence-electron chi connectivity index (χ0n) is 17.4. The third-order valence-corrected chi connectivity index (χ3v) is 5.61. The van der Waals surface area contributed by atoms with Crippen LogP contribution in [0.2, 0.25) is 5.02 Å². The van der Waals surface area contributed by atoms with Crippen LogP contribution in [0.1, 0.15) is 31.6 Å². The summed E-state index contributed by atoms with van der Waals surface area (Å²) in [5.74, 6) is 1.36. The predicted molar refractivity (Wildman–Crippen MR) is 121 cm³/mol. The Morgan fingerprint density at radius 3 is 2.77 bits per heavy atom. The fraction of sp³-hybridized carbons (Fsp3) is 0.348. The van der Waals surface area contributed by atoms with Crippen molar-refractivity contribution in [3.8, 4) is 17.1 Å². The number of halogens is 1. The minimum absolute atomic E-state index is 0.140. The molecular formula is C23H25ClN4O3. The van der Waals surface area contributed by atoms with Crippen LogP contribution >= 0.6 is 11.6 Å². The molecule has 1 aromatic heterocycles. The van der Waals surface area contributed by atoms with E-state index < -0.39 is 0 Å². The SMILES string of the molecule is COc1ccccc1-c1noc(CCC(=O)Nc2ccc(N3CCCCC3)c(Cl)c2)n1. The number of anilines is 2. The zero-order chi connectivity index (χ0) is 21.6. The third-order valence-electron chi connectivity index (χ3n) is 5.31. The highest BCUT2D eigenvalue weighted by molar-refractivity contribution is 6.33. The summed E-state index contributed by atoms with van der Waals surface area (Å²) in [7, 11) is 1.59. The number of aryl methyl sites for hydroxylation is 1. The van der Waals surface area contributed by atoms with Gasteiger partial charge in [-0.3, -0.25) is 4.79 Å². The van der Waals surface area contributed by atoms with E-state index >= 15 is 0 Å². The van der Waals surface area contributed by atoms with E-state index in [-0.39, 0.29) is 12.3 Å². The van der Waals surface area contributed by atoms with Gasteiger partial charge in [-0.1, -0.05) is 28.9 Å². The normalized spacial score (nSPS) is 13.8. The van der Waals surface area contributed by atoms with Crippen molar-refractivity contribution in [2.24, 2.45) is 0 Å². The van der Waals surface area contributed by atoms with E-state index in [1.807, 2.05) is 36.4 Å². The summed E-state index contributed by atoms with van der Waals surface area (Å²) < 4.78 is 10.6. The van der Waals surface area contributed by atoms with E-state index in [0.29, 0.717) is 34.6 Å². The van der Waals surface area contributed by atoms with E-state index in [0.717, 1.165) is 24.3 Å². The van der Waals surface area contributed by atoms with Gasteiger partial charge in [0, 0.05) is 31.6 Å². The van der Waals surface area contributed by atoms with Gasteiger partial charge < -0.3 is 19.5 Å². The van der Waals surface area contributed by atoms with Crippen molar-refractivity contribution in [3.63, 3.8) is 0 Å². The van der Waals surface area contributed by atoms with Crippen LogP contribution in [0, 0.1) is 0 Å². The van der Waals surface area contributed by atoms with Crippen molar-refractivity contribution in [2.75, 3.05) is 30.4 Å². The van der Waals surface area contributed by atoms with E-state index in [4.69, 9.17) is 20.9 Å². The van der Waals surface area contributed by atoms with Crippen molar-refractivity contribution in [3.05, 3.63) is 53.4 Å². The smallest absolute Gasteiger partial charge is 0.227 e. The Hall–Kier alpha value is -3.06. The van der Waals surface area contributed by atoms with Crippen LogP contribution in [-0.4, -0.2) is 36.2 Å². The number of hydrogen-bond donors (Lipinski definition) is 1. The molecule has 0 radical (unpaired) electrons. The maximum absolute atomic E-state index is 12.4. The molecule has 1 N–H and O–H groups in total. The molecule has 0 saturated carbocycles. The lowest BCUT2D eigenvalue weighted by atomic mass is 10.1. The van der Waals surface area contributed by atoms with Crippen molar-refractivity contribution in [1.82, 2.24) is 10.1 Å². The highest BCUT2D eigenvalue weighted by Gasteiger charge is 2.16. The van der Waals surface area contributed by atoms with Gasteiger partial charge in [-0.25, -0.2) is 0 Å². The lowest BCUT2D eigenvalue weighted by molar-refractivity contribution is -0.116. The van der Waals surface area contributed by atoms with Gasteiger partial charge in [0.05, 0.1) is 23.4 Å². The second kappa shape index (κ2) is 9.83. The lowest BCUT2D eigenvalue weighted by Crippen LogP contribution is -2.29. The fourth-order valence-electron chi connectivity index (χ4n) is 3.72. The zero-order valence-corrected chi connectivity index (χ0v) is 18.2. The Labute approximate surface area is 186 Å². The molecule has 2 aromatic carbocycles. The van der Waals surface area contributed by atoms with Crippen molar-refractivity contribution < 1.29 is 14.1 Å². The molecule has 1 amide bonds. The summed E-state index contributed by atoms with van der Waals surface area (Å²) in [5.41, 5.74) is 2.44. The number of nitrogens with one attached hydrogen (secondary N) is 1. The highest BCUT2D eigenvalue weighted by atomic mass is 35.5. The number of carbonyl (C=O) groups is 1. The van der Waals surface area contributed by atoms with Gasteiger partial charge in [0.1, 0.15) is 5.75 Å². The molecule has 0 bridgehead atoms. The molecule has 1 saturated heterocycles. The van der Waals surface area contributed by atoms with E-state index in [1.54, 1.807) is 13.2 Å². The molecule has 1 fully saturated rings. The van der Waals surface area contributed by atoms with Crippen LogP contribution in [-0.2, 0) is 11.2 Å². The number of methoxy groups -OCH3 is 1. The molecule has 1 aliphatic rings. The second-order valence-corrected chi connectivity index (χ2v) is 7.88. The standard InChI is InChI=1S/C23H25ClN4O3/c1-30-20-8-4-3-7-17(20)23-26-22(31-27-23)12-11-21(29)25-16-9-10-19(18(24)15-16)28-13-5-2-6-14-28/h3-4,7-10,15H,2,5-6,11-14H2,1H3,(H,25,29). The Kier molecular flexibility index (Phi) is 6.72. The van der Waals surface area contributed by atoms with Gasteiger partial charge in [-0.05, 0) is 49.6 Å². The van der Waals surface area contributed by atoms with Crippen molar-refractivity contribution in [2.45, 2.75) is 32.1 Å². The molecule has 162 valence electrons. The Balaban J connectivity index is 1.33. The average Bonchev–Trinajstić information content (AvgIpc) is 3.27. The number of ether oxygens (including phenoxy) is 1. The number of amides is 1. The second-order valence-electron chi connectivity index (χ2n) is 7.47. The average molecular weight is 441 g/mol. The minimum atomic E-state index is -0.140. The topological polar surface area (TPSA) is 80.5 Å². The van der Waals surface area contributed by atoms with Crippen LogP contribution in [0.15, 0.2) is 47.0 Å². The van der Waals surface area contributed by atoms with Crippen molar-refractivity contribution >= 4 is 28.9 Å². The molecule has 31 heavy (non-hydrogen) atoms.